The molecule has 0 radical (unpaired) electrons. The number of nitrogens with zero attached hydrogens (tertiary/aromatic N) is 4. The van der Waals surface area contributed by atoms with Crippen LogP contribution in [0.25, 0.3) is 17.0 Å². The molecule has 1 N–H and O–H groups in total. The van der Waals surface area contributed by atoms with Crippen LogP contribution in [-0.2, 0) is 13.7 Å². The third-order valence-corrected chi connectivity index (χ3v) is 3.84. The fraction of sp³-hybridized carbons (Fsp3) is 0.231. The van der Waals surface area contributed by atoms with Crippen molar-refractivity contribution in [3.8, 4) is 17.3 Å². The predicted molar refractivity (Wildman–Crippen MR) is 79.9 cm³/mol. The van der Waals surface area contributed by atoms with Gasteiger partial charge in [-0.1, -0.05) is 23.2 Å². The summed E-state index contributed by atoms with van der Waals surface area (Å²) in [6, 6.07) is 0.999. The number of ether oxygens (including phenoxy) is 1. The Morgan fingerprint density at radius 2 is 2.08 bits per heavy atom. The maximum absolute atomic E-state index is 14.5. The van der Waals surface area contributed by atoms with Crippen molar-refractivity contribution >= 4 is 28.8 Å². The highest BCUT2D eigenvalue weighted by Gasteiger charge is 2.25. The number of hydrogen-bond donors (Lipinski definition) is 1. The van der Waals surface area contributed by atoms with E-state index in [1.807, 2.05) is 0 Å². The summed E-state index contributed by atoms with van der Waals surface area (Å²) in [6.45, 7) is -3.51. The van der Waals surface area contributed by atoms with Crippen molar-refractivity contribution in [2.24, 2.45) is 7.05 Å². The lowest BCUT2D eigenvalue weighted by Gasteiger charge is -2.06. The van der Waals surface area contributed by atoms with E-state index in [1.165, 1.54) is 17.6 Å². The van der Waals surface area contributed by atoms with Crippen LogP contribution in [0.1, 0.15) is 5.69 Å². The van der Waals surface area contributed by atoms with Crippen LogP contribution in [0.15, 0.2) is 12.3 Å². The number of pyridine rings is 1. The van der Waals surface area contributed by atoms with Gasteiger partial charge in [0, 0.05) is 13.2 Å². The van der Waals surface area contributed by atoms with Gasteiger partial charge in [0.2, 0.25) is 5.88 Å². The van der Waals surface area contributed by atoms with Crippen molar-refractivity contribution in [3.63, 3.8) is 0 Å². The second-order valence-corrected chi connectivity index (χ2v) is 5.53. The molecule has 24 heavy (non-hydrogen) atoms. The van der Waals surface area contributed by atoms with Crippen LogP contribution in [0.5, 0.6) is 5.88 Å². The van der Waals surface area contributed by atoms with Gasteiger partial charge in [-0.3, -0.25) is 4.40 Å². The molecule has 0 atom stereocenters. The van der Waals surface area contributed by atoms with Crippen molar-refractivity contribution in [2.45, 2.75) is 13.2 Å². The van der Waals surface area contributed by atoms with E-state index in [0.717, 1.165) is 10.7 Å². The Labute approximate surface area is 143 Å². The van der Waals surface area contributed by atoms with E-state index < -0.39 is 24.9 Å². The van der Waals surface area contributed by atoms with E-state index in [4.69, 9.17) is 23.2 Å². The van der Waals surface area contributed by atoms with Crippen LogP contribution in [0.3, 0.4) is 0 Å². The summed E-state index contributed by atoms with van der Waals surface area (Å²) in [5.74, 6) is -1.20. The first-order valence-corrected chi connectivity index (χ1v) is 7.23. The normalized spacial score (nSPS) is 11.7. The fourth-order valence-corrected chi connectivity index (χ4v) is 2.80. The molecule has 0 spiro atoms. The standard InChI is InChI=1S/C13H9Cl2F3N4O2/c1-21-12(24-13(17)18)8(15)9(20-21)10-7(16)2-6(14)11-19-5(4-23)3-22(10)11/h2-3,13,23H,4H2,1H3. The lowest BCUT2D eigenvalue weighted by molar-refractivity contribution is -0.0552. The monoisotopic (exact) mass is 380 g/mol. The maximum atomic E-state index is 14.5. The second-order valence-electron chi connectivity index (χ2n) is 4.74. The largest absolute Gasteiger partial charge is 0.416 e. The molecule has 0 aliphatic carbocycles. The van der Waals surface area contributed by atoms with Crippen LogP contribution in [0.4, 0.5) is 13.2 Å². The minimum atomic E-state index is -3.12. The molecule has 0 fully saturated rings. The van der Waals surface area contributed by atoms with Crippen LogP contribution >= 0.6 is 23.2 Å². The molecule has 0 saturated carbocycles. The average molecular weight is 381 g/mol. The summed E-state index contributed by atoms with van der Waals surface area (Å²) in [5, 5.41) is 12.9. The van der Waals surface area contributed by atoms with Gasteiger partial charge in [-0.15, -0.1) is 0 Å². The third-order valence-electron chi connectivity index (χ3n) is 3.22. The quantitative estimate of drug-likeness (QED) is 0.754. The van der Waals surface area contributed by atoms with Gasteiger partial charge in [-0.25, -0.2) is 14.1 Å². The van der Waals surface area contributed by atoms with Crippen molar-refractivity contribution in [2.75, 3.05) is 0 Å². The van der Waals surface area contributed by atoms with E-state index in [0.29, 0.717) is 0 Å². The van der Waals surface area contributed by atoms with Crippen molar-refractivity contribution in [1.82, 2.24) is 19.2 Å². The van der Waals surface area contributed by atoms with Gasteiger partial charge in [0.25, 0.3) is 0 Å². The van der Waals surface area contributed by atoms with Gasteiger partial charge in [0.1, 0.15) is 16.4 Å². The van der Waals surface area contributed by atoms with Gasteiger partial charge in [-0.05, 0) is 6.07 Å². The highest BCUT2D eigenvalue weighted by Crippen LogP contribution is 2.38. The first kappa shape index (κ1) is 16.9. The molecule has 0 bridgehead atoms. The molecule has 0 amide bonds. The van der Waals surface area contributed by atoms with Gasteiger partial charge < -0.3 is 9.84 Å². The molecular weight excluding hydrogens is 372 g/mol. The Kier molecular flexibility index (Phi) is 4.33. The molecule has 0 saturated heterocycles. The number of halogens is 5. The van der Waals surface area contributed by atoms with Crippen molar-refractivity contribution < 1.29 is 23.0 Å². The summed E-state index contributed by atoms with van der Waals surface area (Å²) >= 11 is 12.0. The number of rotatable bonds is 4. The Morgan fingerprint density at radius 3 is 2.71 bits per heavy atom. The third kappa shape index (κ3) is 2.68. The number of aromatic nitrogens is 4. The smallest absolute Gasteiger partial charge is 0.388 e. The number of aliphatic hydroxyl groups is 1. The fourth-order valence-electron chi connectivity index (χ4n) is 2.28. The number of hydrogen-bond acceptors (Lipinski definition) is 4. The Hall–Kier alpha value is -1.97. The van der Waals surface area contributed by atoms with Crippen LogP contribution < -0.4 is 4.74 Å². The zero-order valence-corrected chi connectivity index (χ0v) is 13.5. The van der Waals surface area contributed by atoms with Gasteiger partial charge >= 0.3 is 6.61 Å². The molecule has 0 aliphatic rings. The first-order chi connectivity index (χ1) is 11.3. The van der Waals surface area contributed by atoms with E-state index in [-0.39, 0.29) is 32.8 Å². The molecule has 3 aromatic heterocycles. The summed E-state index contributed by atoms with van der Waals surface area (Å²) < 4.78 is 45.9. The number of imidazole rings is 1. The van der Waals surface area contributed by atoms with Crippen LogP contribution in [0.2, 0.25) is 10.0 Å². The zero-order valence-electron chi connectivity index (χ0n) is 12.0. The van der Waals surface area contributed by atoms with E-state index in [2.05, 4.69) is 14.8 Å². The SMILES string of the molecule is Cn1nc(-c2c(F)cc(Cl)c3nc(CO)cn23)c(Cl)c1OC(F)F. The maximum Gasteiger partial charge on any atom is 0.388 e. The molecule has 3 heterocycles. The first-order valence-electron chi connectivity index (χ1n) is 6.48. The predicted octanol–water partition coefficient (Wildman–Crippen LogP) is 3.27. The molecule has 3 aromatic rings. The van der Waals surface area contributed by atoms with E-state index in [1.54, 1.807) is 0 Å². The van der Waals surface area contributed by atoms with Gasteiger partial charge in [0.05, 0.1) is 17.3 Å². The Balaban J connectivity index is 2.29. The van der Waals surface area contributed by atoms with E-state index in [9.17, 15) is 18.3 Å². The molecule has 0 aliphatic heterocycles. The summed E-state index contributed by atoms with van der Waals surface area (Å²) in [7, 11) is 1.32. The molecule has 0 unspecified atom stereocenters. The summed E-state index contributed by atoms with van der Waals surface area (Å²) in [5.41, 5.74) is 0.122. The zero-order chi connectivity index (χ0) is 17.6. The Bertz CT molecular complexity index is 926. The van der Waals surface area contributed by atoms with Gasteiger partial charge in [0.15, 0.2) is 11.5 Å². The molecule has 6 nitrogen and oxygen atoms in total. The topological polar surface area (TPSA) is 64.6 Å². The number of aliphatic hydroxyl groups excluding tert-OH is 1. The van der Waals surface area contributed by atoms with Crippen LogP contribution in [0, 0.1) is 5.82 Å². The second kappa shape index (κ2) is 6.15. The molecule has 0 aromatic carbocycles. The van der Waals surface area contributed by atoms with Crippen molar-refractivity contribution in [1.29, 1.82) is 0 Å². The minimum Gasteiger partial charge on any atom is -0.416 e. The summed E-state index contributed by atoms with van der Waals surface area (Å²) in [6.07, 6.45) is 1.35. The van der Waals surface area contributed by atoms with Crippen LogP contribution in [-0.4, -0.2) is 30.9 Å². The molecule has 11 heteroatoms. The lowest BCUT2D eigenvalue weighted by atomic mass is 10.2. The molecular formula is C13H9Cl2F3N4O2. The number of alkyl halides is 2. The van der Waals surface area contributed by atoms with Crippen molar-refractivity contribution in [3.05, 3.63) is 33.8 Å². The lowest BCUT2D eigenvalue weighted by Crippen LogP contribution is -2.06. The summed E-state index contributed by atoms with van der Waals surface area (Å²) in [4.78, 5) is 4.05. The average Bonchev–Trinajstić information content (AvgIpc) is 3.04. The number of fused-ring (bicyclic) bond motifs is 1. The Morgan fingerprint density at radius 1 is 1.38 bits per heavy atom. The molecule has 3 rings (SSSR count). The molecule has 128 valence electrons. The minimum absolute atomic E-state index is 0.00653. The van der Waals surface area contributed by atoms with E-state index >= 15 is 0 Å². The highest BCUT2D eigenvalue weighted by molar-refractivity contribution is 6.35. The van der Waals surface area contributed by atoms with Gasteiger partial charge in [-0.2, -0.15) is 13.9 Å². The number of aryl methyl sites for hydroxylation is 1. The highest BCUT2D eigenvalue weighted by atomic mass is 35.5.